The minimum absolute atomic E-state index is 0.204. The summed E-state index contributed by atoms with van der Waals surface area (Å²) in [6, 6.07) is 4.43. The van der Waals surface area contributed by atoms with Gasteiger partial charge in [0, 0.05) is 16.5 Å². The van der Waals surface area contributed by atoms with E-state index in [1.165, 1.54) is 23.5 Å². The molecule has 1 amide bonds. The van der Waals surface area contributed by atoms with Crippen LogP contribution in [0.5, 0.6) is 0 Å². The molecule has 5 nitrogen and oxygen atoms in total. The summed E-state index contributed by atoms with van der Waals surface area (Å²) in [7, 11) is 0. The summed E-state index contributed by atoms with van der Waals surface area (Å²) in [4.78, 5) is 23.5. The highest BCUT2D eigenvalue weighted by molar-refractivity contribution is 7.10. The zero-order chi connectivity index (χ0) is 14.4. The predicted octanol–water partition coefficient (Wildman–Crippen LogP) is 0.975. The second kappa shape index (κ2) is 6.70. The maximum absolute atomic E-state index is 11.8. The third kappa shape index (κ3) is 3.57. The van der Waals surface area contributed by atoms with Gasteiger partial charge in [0.15, 0.2) is 0 Å². The first-order valence-electron chi connectivity index (χ1n) is 5.74. The standard InChI is InChI=1S/C14H11NO4S/c16-6-1-2-10-5-7-20-12(10)8-15-14(18)11-3-4-13(17)19-9-11/h3-5,7,9,16H,6,8H2,(H,15,18). The van der Waals surface area contributed by atoms with E-state index in [0.29, 0.717) is 6.54 Å². The number of aliphatic hydroxyl groups is 1. The molecule has 0 aliphatic heterocycles. The molecule has 0 radical (unpaired) electrons. The van der Waals surface area contributed by atoms with Crippen LogP contribution in [0.3, 0.4) is 0 Å². The Morgan fingerprint density at radius 3 is 2.95 bits per heavy atom. The molecule has 2 rings (SSSR count). The van der Waals surface area contributed by atoms with Gasteiger partial charge in [-0.05, 0) is 17.5 Å². The fraction of sp³-hybridized carbons (Fsp3) is 0.143. The van der Waals surface area contributed by atoms with Gasteiger partial charge in [-0.25, -0.2) is 4.79 Å². The lowest BCUT2D eigenvalue weighted by Crippen LogP contribution is -2.23. The number of nitrogens with one attached hydrogen (secondary N) is 1. The molecule has 0 unspecified atom stereocenters. The van der Waals surface area contributed by atoms with Crippen molar-refractivity contribution in [2.45, 2.75) is 6.54 Å². The highest BCUT2D eigenvalue weighted by atomic mass is 32.1. The molecule has 2 aromatic rings. The van der Waals surface area contributed by atoms with Crippen molar-refractivity contribution in [1.29, 1.82) is 0 Å². The maximum atomic E-state index is 11.8. The third-order valence-corrected chi connectivity index (χ3v) is 3.34. The summed E-state index contributed by atoms with van der Waals surface area (Å²) in [6.07, 6.45) is 1.12. The number of carbonyl (C=O) groups excluding carboxylic acids is 1. The van der Waals surface area contributed by atoms with E-state index in [1.807, 2.05) is 11.4 Å². The Labute approximate surface area is 118 Å². The smallest absolute Gasteiger partial charge is 0.335 e. The minimum Gasteiger partial charge on any atom is -0.430 e. The first kappa shape index (κ1) is 14.1. The van der Waals surface area contributed by atoms with E-state index < -0.39 is 5.63 Å². The monoisotopic (exact) mass is 289 g/mol. The van der Waals surface area contributed by atoms with Gasteiger partial charge in [-0.1, -0.05) is 11.8 Å². The highest BCUT2D eigenvalue weighted by Crippen LogP contribution is 2.15. The summed E-state index contributed by atoms with van der Waals surface area (Å²) in [5, 5.41) is 13.3. The summed E-state index contributed by atoms with van der Waals surface area (Å²) in [5.41, 5.74) is 0.564. The van der Waals surface area contributed by atoms with Crippen LogP contribution in [-0.4, -0.2) is 17.6 Å². The Hall–Kier alpha value is -2.36. The fourth-order valence-electron chi connectivity index (χ4n) is 1.47. The van der Waals surface area contributed by atoms with Gasteiger partial charge in [0.05, 0.1) is 12.1 Å². The summed E-state index contributed by atoms with van der Waals surface area (Å²) >= 11 is 1.47. The maximum Gasteiger partial charge on any atom is 0.335 e. The molecule has 102 valence electrons. The van der Waals surface area contributed by atoms with E-state index in [1.54, 1.807) is 0 Å². The molecule has 0 bridgehead atoms. The Kier molecular flexibility index (Phi) is 4.71. The number of carbonyl (C=O) groups is 1. The second-order valence-corrected chi connectivity index (χ2v) is 4.74. The quantitative estimate of drug-likeness (QED) is 0.825. The molecular weight excluding hydrogens is 278 g/mol. The molecular formula is C14H11NO4S. The number of aliphatic hydroxyl groups excluding tert-OH is 1. The van der Waals surface area contributed by atoms with Crippen LogP contribution in [0.25, 0.3) is 0 Å². The van der Waals surface area contributed by atoms with Crippen molar-refractivity contribution in [1.82, 2.24) is 5.32 Å². The molecule has 2 heterocycles. The Morgan fingerprint density at radius 1 is 1.40 bits per heavy atom. The van der Waals surface area contributed by atoms with Crippen LogP contribution in [0, 0.1) is 11.8 Å². The average Bonchev–Trinajstić information content (AvgIpc) is 2.90. The van der Waals surface area contributed by atoms with Gasteiger partial charge in [0.2, 0.25) is 0 Å². The average molecular weight is 289 g/mol. The first-order chi connectivity index (χ1) is 9.70. The lowest BCUT2D eigenvalue weighted by Gasteiger charge is -2.03. The Morgan fingerprint density at radius 2 is 2.25 bits per heavy atom. The first-order valence-corrected chi connectivity index (χ1v) is 6.62. The highest BCUT2D eigenvalue weighted by Gasteiger charge is 2.08. The number of thiophene rings is 1. The van der Waals surface area contributed by atoms with Gasteiger partial charge >= 0.3 is 5.63 Å². The topological polar surface area (TPSA) is 79.5 Å². The molecule has 0 aromatic carbocycles. The van der Waals surface area contributed by atoms with Gasteiger partial charge in [-0.15, -0.1) is 11.3 Å². The van der Waals surface area contributed by atoms with Gasteiger partial charge in [-0.2, -0.15) is 0 Å². The fourth-order valence-corrected chi connectivity index (χ4v) is 2.24. The van der Waals surface area contributed by atoms with Crippen LogP contribution in [-0.2, 0) is 6.54 Å². The SMILES string of the molecule is O=C(NCc1sccc1C#CCO)c1ccc(=O)oc1. The van der Waals surface area contributed by atoms with Gasteiger partial charge in [-0.3, -0.25) is 4.79 Å². The van der Waals surface area contributed by atoms with Crippen LogP contribution >= 0.6 is 11.3 Å². The molecule has 0 aliphatic carbocycles. The van der Waals surface area contributed by atoms with E-state index >= 15 is 0 Å². The van der Waals surface area contributed by atoms with Crippen LogP contribution in [0.15, 0.2) is 39.1 Å². The van der Waals surface area contributed by atoms with Crippen molar-refractivity contribution in [3.05, 3.63) is 56.3 Å². The third-order valence-electron chi connectivity index (χ3n) is 2.42. The summed E-state index contributed by atoms with van der Waals surface area (Å²) in [6.45, 7) is 0.121. The molecule has 0 aliphatic rings. The summed E-state index contributed by atoms with van der Waals surface area (Å²) < 4.78 is 4.63. The Bertz CT molecular complexity index is 700. The van der Waals surface area contributed by atoms with Crippen molar-refractivity contribution in [2.24, 2.45) is 0 Å². The van der Waals surface area contributed by atoms with Crippen LogP contribution in [0.4, 0.5) is 0 Å². The molecule has 0 fully saturated rings. The van der Waals surface area contributed by atoms with E-state index in [2.05, 4.69) is 21.6 Å². The van der Waals surface area contributed by atoms with Crippen molar-refractivity contribution >= 4 is 17.2 Å². The van der Waals surface area contributed by atoms with E-state index in [0.717, 1.165) is 16.7 Å². The van der Waals surface area contributed by atoms with Gasteiger partial charge in [0.1, 0.15) is 12.9 Å². The molecule has 0 atom stereocenters. The predicted molar refractivity (Wildman–Crippen MR) is 74.4 cm³/mol. The number of rotatable bonds is 3. The van der Waals surface area contributed by atoms with E-state index in [9.17, 15) is 9.59 Å². The van der Waals surface area contributed by atoms with Crippen molar-refractivity contribution in [3.8, 4) is 11.8 Å². The largest absolute Gasteiger partial charge is 0.430 e. The van der Waals surface area contributed by atoms with E-state index in [4.69, 9.17) is 5.11 Å². The van der Waals surface area contributed by atoms with Crippen LogP contribution in [0.2, 0.25) is 0 Å². The molecule has 2 N–H and O–H groups in total. The van der Waals surface area contributed by atoms with Gasteiger partial charge < -0.3 is 14.8 Å². The minimum atomic E-state index is -0.499. The molecule has 0 spiro atoms. The molecule has 0 saturated heterocycles. The second-order valence-electron chi connectivity index (χ2n) is 3.74. The van der Waals surface area contributed by atoms with Crippen molar-refractivity contribution < 1.29 is 14.3 Å². The van der Waals surface area contributed by atoms with Crippen molar-refractivity contribution in [2.75, 3.05) is 6.61 Å². The Balaban J connectivity index is 2.02. The number of amides is 1. The van der Waals surface area contributed by atoms with Crippen LogP contribution in [0.1, 0.15) is 20.8 Å². The molecule has 0 saturated carbocycles. The molecule has 20 heavy (non-hydrogen) atoms. The normalized spacial score (nSPS) is 9.65. The molecule has 6 heteroatoms. The lowest BCUT2D eigenvalue weighted by molar-refractivity contribution is 0.0949. The zero-order valence-electron chi connectivity index (χ0n) is 10.4. The van der Waals surface area contributed by atoms with E-state index in [-0.39, 0.29) is 18.1 Å². The van der Waals surface area contributed by atoms with Crippen LogP contribution < -0.4 is 10.9 Å². The summed E-state index contributed by atoms with van der Waals surface area (Å²) in [5.74, 6) is 5.05. The van der Waals surface area contributed by atoms with Crippen molar-refractivity contribution in [3.63, 3.8) is 0 Å². The number of hydrogen-bond donors (Lipinski definition) is 2. The molecule has 2 aromatic heterocycles. The lowest BCUT2D eigenvalue weighted by atomic mass is 10.2. The number of hydrogen-bond acceptors (Lipinski definition) is 5. The van der Waals surface area contributed by atoms with Gasteiger partial charge in [0.25, 0.3) is 5.91 Å². The zero-order valence-corrected chi connectivity index (χ0v) is 11.2.